The van der Waals surface area contributed by atoms with Crippen molar-refractivity contribution >= 4 is 5.82 Å². The van der Waals surface area contributed by atoms with Crippen LogP contribution in [-0.4, -0.2) is 58.3 Å². The van der Waals surface area contributed by atoms with Crippen LogP contribution in [0.25, 0.3) is 22.4 Å². The molecule has 3 heterocycles. The Morgan fingerprint density at radius 3 is 2.69 bits per heavy atom. The summed E-state index contributed by atoms with van der Waals surface area (Å²) in [6.45, 7) is 3.11. The summed E-state index contributed by atoms with van der Waals surface area (Å²) < 4.78 is 5.13. The van der Waals surface area contributed by atoms with Crippen molar-refractivity contribution in [3.8, 4) is 34.0 Å². The maximum absolute atomic E-state index is 10.6. The zero-order chi connectivity index (χ0) is 21.9. The summed E-state index contributed by atoms with van der Waals surface area (Å²) in [7, 11) is 1.55. The van der Waals surface area contributed by atoms with Crippen LogP contribution in [0.2, 0.25) is 0 Å². The Balaban J connectivity index is 1.25. The van der Waals surface area contributed by atoms with Crippen LogP contribution in [0.4, 0.5) is 5.82 Å². The molecule has 8 heteroatoms. The number of nitrogens with one attached hydrogen (secondary N) is 1. The van der Waals surface area contributed by atoms with Gasteiger partial charge >= 0.3 is 0 Å². The van der Waals surface area contributed by atoms with E-state index in [0.717, 1.165) is 42.6 Å². The van der Waals surface area contributed by atoms with Gasteiger partial charge in [-0.1, -0.05) is 12.5 Å². The van der Waals surface area contributed by atoms with Gasteiger partial charge in [0.1, 0.15) is 5.75 Å². The van der Waals surface area contributed by atoms with Gasteiger partial charge in [-0.3, -0.25) is 0 Å². The van der Waals surface area contributed by atoms with Crippen molar-refractivity contribution in [1.82, 2.24) is 25.7 Å². The minimum atomic E-state index is 0.142. The molecule has 1 aliphatic carbocycles. The molecule has 1 atom stereocenters. The predicted octanol–water partition coefficient (Wildman–Crippen LogP) is 3.28. The second-order valence-electron chi connectivity index (χ2n) is 8.63. The number of nitrogens with zero attached hydrogens (tertiary/aromatic N) is 5. The Labute approximate surface area is 187 Å². The molecule has 5 rings (SSSR count). The van der Waals surface area contributed by atoms with Crippen molar-refractivity contribution in [2.45, 2.75) is 31.7 Å². The number of hydrogen-bond donors (Lipinski definition) is 2. The van der Waals surface area contributed by atoms with E-state index in [9.17, 15) is 5.11 Å². The molecule has 0 unspecified atom stereocenters. The Kier molecular flexibility index (Phi) is 5.85. The quantitative estimate of drug-likeness (QED) is 0.587. The third-order valence-electron chi connectivity index (χ3n) is 6.51. The first-order chi connectivity index (χ1) is 15.7. The predicted molar refractivity (Wildman–Crippen MR) is 123 cm³/mol. The smallest absolute Gasteiger partial charge is 0.233 e. The first-order valence-corrected chi connectivity index (χ1v) is 11.2. The number of hydrogen-bond acceptors (Lipinski definition) is 8. The van der Waals surface area contributed by atoms with Crippen LogP contribution >= 0.6 is 0 Å². The Hall–Kier alpha value is -3.26. The van der Waals surface area contributed by atoms with Gasteiger partial charge in [-0.15, -0.1) is 15.3 Å². The second-order valence-corrected chi connectivity index (χ2v) is 8.63. The van der Waals surface area contributed by atoms with Crippen LogP contribution in [-0.2, 0) is 0 Å². The topological polar surface area (TPSA) is 96.3 Å². The van der Waals surface area contributed by atoms with E-state index in [0.29, 0.717) is 23.1 Å². The van der Waals surface area contributed by atoms with Crippen molar-refractivity contribution < 1.29 is 9.84 Å². The molecule has 1 aromatic carbocycles. The molecule has 1 aliphatic heterocycles. The normalized spacial score (nSPS) is 18.5. The first-order valence-electron chi connectivity index (χ1n) is 11.2. The van der Waals surface area contributed by atoms with Gasteiger partial charge in [-0.25, -0.2) is 0 Å². The highest BCUT2D eigenvalue weighted by atomic mass is 16.5. The standard InChI is InChI=1S/C24H28N6O2/c1-32-24-12-18(14-26-29-24)17-5-6-20(22(31)11-17)21-7-8-23(28-27-21)30-10-9-16(15-30)13-25-19-3-2-4-19/h5-8,11-12,14,16,19,25,31H,2-4,9-10,13,15H2,1H3/t16-/m1/s1. The van der Waals surface area contributed by atoms with E-state index in [1.54, 1.807) is 25.4 Å². The number of ether oxygens (including phenoxy) is 1. The van der Waals surface area contributed by atoms with Gasteiger partial charge in [0.15, 0.2) is 5.82 Å². The minimum absolute atomic E-state index is 0.142. The zero-order valence-electron chi connectivity index (χ0n) is 18.2. The van der Waals surface area contributed by atoms with Crippen LogP contribution in [0.15, 0.2) is 42.6 Å². The van der Waals surface area contributed by atoms with E-state index >= 15 is 0 Å². The van der Waals surface area contributed by atoms with Crippen molar-refractivity contribution in [3.05, 3.63) is 42.6 Å². The Morgan fingerprint density at radius 1 is 1.06 bits per heavy atom. The maximum atomic E-state index is 10.6. The molecule has 3 aromatic rings. The number of methoxy groups -OCH3 is 1. The fourth-order valence-electron chi connectivity index (χ4n) is 4.32. The number of anilines is 1. The van der Waals surface area contributed by atoms with Crippen LogP contribution in [0.5, 0.6) is 11.6 Å². The highest BCUT2D eigenvalue weighted by Crippen LogP contribution is 2.33. The SMILES string of the molecule is COc1cc(-c2ccc(-c3ccc(N4CC[C@H](CNC5CCC5)C4)nn3)c(O)c2)cnn1. The van der Waals surface area contributed by atoms with Gasteiger partial charge in [-0.2, -0.15) is 5.10 Å². The molecule has 0 bridgehead atoms. The zero-order valence-corrected chi connectivity index (χ0v) is 18.2. The van der Waals surface area contributed by atoms with E-state index in [4.69, 9.17) is 4.74 Å². The lowest BCUT2D eigenvalue weighted by molar-refractivity contribution is 0.321. The molecule has 8 nitrogen and oxygen atoms in total. The average Bonchev–Trinajstić information content (AvgIpc) is 3.27. The molecule has 2 aromatic heterocycles. The molecule has 0 radical (unpaired) electrons. The van der Waals surface area contributed by atoms with E-state index < -0.39 is 0 Å². The largest absolute Gasteiger partial charge is 0.507 e. The second kappa shape index (κ2) is 9.08. The number of phenolic OH excluding ortho intramolecular Hbond substituents is 1. The summed E-state index contributed by atoms with van der Waals surface area (Å²) in [4.78, 5) is 2.30. The van der Waals surface area contributed by atoms with Crippen molar-refractivity contribution in [2.75, 3.05) is 31.6 Å². The lowest BCUT2D eigenvalue weighted by Gasteiger charge is -2.28. The number of aromatic hydroxyl groups is 1. The summed E-state index contributed by atoms with van der Waals surface area (Å²) in [5.41, 5.74) is 2.93. The van der Waals surface area contributed by atoms with Crippen LogP contribution < -0.4 is 15.0 Å². The summed E-state index contributed by atoms with van der Waals surface area (Å²) in [6, 6.07) is 11.9. The molecule has 2 fully saturated rings. The van der Waals surface area contributed by atoms with Gasteiger partial charge in [0, 0.05) is 36.3 Å². The Bertz CT molecular complexity index is 1070. The molecule has 2 aliphatic rings. The summed E-state index contributed by atoms with van der Waals surface area (Å²) >= 11 is 0. The lowest BCUT2D eigenvalue weighted by atomic mass is 9.92. The summed E-state index contributed by atoms with van der Waals surface area (Å²) in [5.74, 6) is 2.13. The summed E-state index contributed by atoms with van der Waals surface area (Å²) in [5, 5.41) is 31.0. The van der Waals surface area contributed by atoms with Crippen LogP contribution in [0.3, 0.4) is 0 Å². The van der Waals surface area contributed by atoms with Crippen molar-refractivity contribution in [1.29, 1.82) is 0 Å². The minimum Gasteiger partial charge on any atom is -0.507 e. The third kappa shape index (κ3) is 4.36. The molecule has 166 valence electrons. The molecule has 2 N–H and O–H groups in total. The fraction of sp³-hybridized carbons (Fsp3) is 0.417. The van der Waals surface area contributed by atoms with Gasteiger partial charge in [0.25, 0.3) is 0 Å². The molecule has 1 saturated heterocycles. The third-order valence-corrected chi connectivity index (χ3v) is 6.51. The van der Waals surface area contributed by atoms with Crippen molar-refractivity contribution in [2.24, 2.45) is 5.92 Å². The summed E-state index contributed by atoms with van der Waals surface area (Å²) in [6.07, 6.45) is 6.83. The number of rotatable bonds is 7. The van der Waals surface area contributed by atoms with Gasteiger partial charge in [0.2, 0.25) is 5.88 Å². The highest BCUT2D eigenvalue weighted by molar-refractivity contribution is 5.74. The van der Waals surface area contributed by atoms with E-state index in [-0.39, 0.29) is 5.75 Å². The lowest BCUT2D eigenvalue weighted by Crippen LogP contribution is -2.38. The van der Waals surface area contributed by atoms with Crippen molar-refractivity contribution in [3.63, 3.8) is 0 Å². The number of benzene rings is 1. The van der Waals surface area contributed by atoms with Gasteiger partial charge in [0.05, 0.1) is 19.0 Å². The fourth-order valence-corrected chi connectivity index (χ4v) is 4.32. The van der Waals surface area contributed by atoms with Crippen LogP contribution in [0, 0.1) is 5.92 Å². The Morgan fingerprint density at radius 2 is 1.97 bits per heavy atom. The average molecular weight is 433 g/mol. The molecular formula is C24H28N6O2. The number of phenols is 1. The molecule has 32 heavy (non-hydrogen) atoms. The number of aromatic nitrogens is 4. The molecule has 0 spiro atoms. The van der Waals surface area contributed by atoms with Gasteiger partial charge < -0.3 is 20.1 Å². The molecular weight excluding hydrogens is 404 g/mol. The van der Waals surface area contributed by atoms with E-state index in [1.807, 2.05) is 24.3 Å². The molecule has 1 saturated carbocycles. The van der Waals surface area contributed by atoms with Crippen LogP contribution in [0.1, 0.15) is 25.7 Å². The maximum Gasteiger partial charge on any atom is 0.233 e. The highest BCUT2D eigenvalue weighted by Gasteiger charge is 2.25. The van der Waals surface area contributed by atoms with Gasteiger partial charge in [-0.05, 0) is 61.6 Å². The van der Waals surface area contributed by atoms with E-state index in [1.165, 1.54) is 25.7 Å². The first kappa shape index (κ1) is 20.6. The molecule has 0 amide bonds. The van der Waals surface area contributed by atoms with E-state index in [2.05, 4.69) is 30.6 Å². The monoisotopic (exact) mass is 432 g/mol.